The van der Waals surface area contributed by atoms with Gasteiger partial charge in [-0.05, 0) is 18.6 Å². The first-order valence-corrected chi connectivity index (χ1v) is 6.20. The van der Waals surface area contributed by atoms with Gasteiger partial charge in [-0.2, -0.15) is 5.10 Å². The lowest BCUT2D eigenvalue weighted by atomic mass is 10.0. The Morgan fingerprint density at radius 3 is 2.53 bits per heavy atom. The monoisotopic (exact) mass is 250 g/mol. The first-order valence-electron chi connectivity index (χ1n) is 6.20. The van der Waals surface area contributed by atoms with E-state index in [2.05, 4.69) is 5.10 Å². The number of aromatic nitrogens is 2. The summed E-state index contributed by atoms with van der Waals surface area (Å²) in [6.07, 6.45) is 0. The summed E-state index contributed by atoms with van der Waals surface area (Å²) in [4.78, 5) is 12.6. The maximum Gasteiger partial charge on any atom is 0.214 e. The minimum absolute atomic E-state index is 0.0186. The van der Waals surface area contributed by atoms with Gasteiger partial charge in [0.25, 0.3) is 0 Å². The van der Waals surface area contributed by atoms with E-state index in [1.807, 2.05) is 62.5 Å². The van der Waals surface area contributed by atoms with Crippen molar-refractivity contribution in [1.82, 2.24) is 9.78 Å². The normalized spacial score (nSPS) is 10.8. The zero-order valence-corrected chi connectivity index (χ0v) is 10.9. The Bertz CT molecular complexity index is 771. The fourth-order valence-corrected chi connectivity index (χ4v) is 2.34. The van der Waals surface area contributed by atoms with Crippen molar-refractivity contribution in [1.29, 1.82) is 0 Å². The Morgan fingerprint density at radius 1 is 1.05 bits per heavy atom. The zero-order valence-electron chi connectivity index (χ0n) is 10.9. The van der Waals surface area contributed by atoms with Crippen molar-refractivity contribution in [2.24, 2.45) is 7.05 Å². The Balaban J connectivity index is 2.20. The molecule has 0 N–H and O–H groups in total. The highest BCUT2D eigenvalue weighted by atomic mass is 16.1. The lowest BCUT2D eigenvalue weighted by Gasteiger charge is -2.02. The van der Waals surface area contributed by atoms with Crippen LogP contribution in [-0.4, -0.2) is 15.6 Å². The number of nitrogens with zero attached hydrogens (tertiary/aromatic N) is 2. The predicted molar refractivity (Wildman–Crippen MR) is 75.3 cm³/mol. The lowest BCUT2D eigenvalue weighted by Crippen LogP contribution is -2.05. The fourth-order valence-electron chi connectivity index (χ4n) is 2.34. The second-order valence-electron chi connectivity index (χ2n) is 4.63. The molecule has 3 rings (SSSR count). The molecule has 0 saturated heterocycles. The number of benzene rings is 2. The highest BCUT2D eigenvalue weighted by Crippen LogP contribution is 2.21. The molecule has 0 aliphatic carbocycles. The molecule has 2 aromatic carbocycles. The summed E-state index contributed by atoms with van der Waals surface area (Å²) < 4.78 is 1.75. The molecule has 0 saturated carbocycles. The minimum atomic E-state index is -0.0186. The van der Waals surface area contributed by atoms with E-state index >= 15 is 0 Å². The number of fused-ring (bicyclic) bond motifs is 1. The second-order valence-corrected chi connectivity index (χ2v) is 4.63. The van der Waals surface area contributed by atoms with Crippen molar-refractivity contribution in [2.45, 2.75) is 6.92 Å². The first-order chi connectivity index (χ1) is 9.18. The molecule has 3 aromatic rings. The van der Waals surface area contributed by atoms with Gasteiger partial charge in [-0.3, -0.25) is 9.48 Å². The third kappa shape index (κ3) is 1.83. The van der Waals surface area contributed by atoms with Crippen LogP contribution in [0.5, 0.6) is 0 Å². The quantitative estimate of drug-likeness (QED) is 0.655. The van der Waals surface area contributed by atoms with Gasteiger partial charge in [0.15, 0.2) is 0 Å². The lowest BCUT2D eigenvalue weighted by molar-refractivity contribution is 0.103. The van der Waals surface area contributed by atoms with Crippen LogP contribution in [0.3, 0.4) is 0 Å². The van der Waals surface area contributed by atoms with Crippen LogP contribution < -0.4 is 0 Å². The molecule has 0 spiro atoms. The number of para-hydroxylation sites is 1. The topological polar surface area (TPSA) is 34.9 Å². The SMILES string of the molecule is Cc1ccccc1C(=O)c1nn(C)c2ccccc12. The van der Waals surface area contributed by atoms with Crippen LogP contribution in [0.4, 0.5) is 0 Å². The van der Waals surface area contributed by atoms with Crippen LogP contribution in [0.1, 0.15) is 21.6 Å². The van der Waals surface area contributed by atoms with Gasteiger partial charge in [0.2, 0.25) is 5.78 Å². The average molecular weight is 250 g/mol. The van der Waals surface area contributed by atoms with E-state index in [1.54, 1.807) is 4.68 Å². The van der Waals surface area contributed by atoms with E-state index in [0.29, 0.717) is 11.3 Å². The van der Waals surface area contributed by atoms with E-state index in [-0.39, 0.29) is 5.78 Å². The summed E-state index contributed by atoms with van der Waals surface area (Å²) in [7, 11) is 1.86. The molecule has 0 aliphatic heterocycles. The molecule has 94 valence electrons. The molecule has 1 aromatic heterocycles. The summed E-state index contributed by atoms with van der Waals surface area (Å²) in [6.45, 7) is 1.94. The van der Waals surface area contributed by atoms with Crippen LogP contribution in [0, 0.1) is 6.92 Å². The minimum Gasteiger partial charge on any atom is -0.287 e. The second kappa shape index (κ2) is 4.35. The summed E-state index contributed by atoms with van der Waals surface area (Å²) in [6, 6.07) is 15.4. The van der Waals surface area contributed by atoms with Gasteiger partial charge in [0.1, 0.15) is 5.69 Å². The van der Waals surface area contributed by atoms with Crippen molar-refractivity contribution < 1.29 is 4.79 Å². The molecule has 0 amide bonds. The van der Waals surface area contributed by atoms with Crippen molar-refractivity contribution in [2.75, 3.05) is 0 Å². The molecule has 0 fully saturated rings. The third-order valence-electron chi connectivity index (χ3n) is 3.36. The van der Waals surface area contributed by atoms with Gasteiger partial charge in [-0.1, -0.05) is 42.5 Å². The van der Waals surface area contributed by atoms with E-state index in [1.165, 1.54) is 0 Å². The molecule has 0 atom stereocenters. The van der Waals surface area contributed by atoms with E-state index < -0.39 is 0 Å². The van der Waals surface area contributed by atoms with Crippen LogP contribution in [0.25, 0.3) is 10.9 Å². The fraction of sp³-hybridized carbons (Fsp3) is 0.125. The van der Waals surface area contributed by atoms with Crippen LogP contribution in [-0.2, 0) is 7.05 Å². The van der Waals surface area contributed by atoms with E-state index in [4.69, 9.17) is 0 Å². The highest BCUT2D eigenvalue weighted by Gasteiger charge is 2.18. The summed E-state index contributed by atoms with van der Waals surface area (Å²) >= 11 is 0. The number of rotatable bonds is 2. The first kappa shape index (κ1) is 11.7. The Hall–Kier alpha value is -2.42. The molecule has 0 radical (unpaired) electrons. The molecule has 1 heterocycles. The summed E-state index contributed by atoms with van der Waals surface area (Å²) in [5.74, 6) is -0.0186. The predicted octanol–water partition coefficient (Wildman–Crippen LogP) is 3.11. The molecule has 19 heavy (non-hydrogen) atoms. The van der Waals surface area contributed by atoms with Gasteiger partial charge >= 0.3 is 0 Å². The number of carbonyl (C=O) groups excluding carboxylic acids is 1. The molecule has 3 heteroatoms. The average Bonchev–Trinajstić information content (AvgIpc) is 2.77. The van der Waals surface area contributed by atoms with Gasteiger partial charge in [-0.15, -0.1) is 0 Å². The maximum absolute atomic E-state index is 12.6. The Kier molecular flexibility index (Phi) is 2.67. The standard InChI is InChI=1S/C16H14N2O/c1-11-7-3-4-8-12(11)16(19)15-13-9-5-6-10-14(13)18(2)17-15/h3-10H,1-2H3. The van der Waals surface area contributed by atoms with Gasteiger partial charge in [0, 0.05) is 18.0 Å². The van der Waals surface area contributed by atoms with Crippen molar-refractivity contribution in [3.63, 3.8) is 0 Å². The largest absolute Gasteiger partial charge is 0.287 e. The number of ketones is 1. The summed E-state index contributed by atoms with van der Waals surface area (Å²) in [5, 5.41) is 5.28. The molecule has 0 aliphatic rings. The Morgan fingerprint density at radius 2 is 1.74 bits per heavy atom. The van der Waals surface area contributed by atoms with Gasteiger partial charge in [0.05, 0.1) is 5.52 Å². The smallest absolute Gasteiger partial charge is 0.214 e. The Labute approximate surface area is 111 Å². The third-order valence-corrected chi connectivity index (χ3v) is 3.36. The van der Waals surface area contributed by atoms with Crippen LogP contribution in [0.2, 0.25) is 0 Å². The van der Waals surface area contributed by atoms with Crippen molar-refractivity contribution >= 4 is 16.7 Å². The van der Waals surface area contributed by atoms with Crippen molar-refractivity contribution in [3.8, 4) is 0 Å². The molecular formula is C16H14N2O. The van der Waals surface area contributed by atoms with E-state index in [9.17, 15) is 4.79 Å². The molecular weight excluding hydrogens is 236 g/mol. The number of hydrogen-bond donors (Lipinski definition) is 0. The molecule has 0 bridgehead atoms. The summed E-state index contributed by atoms with van der Waals surface area (Å²) in [5.41, 5.74) is 3.18. The van der Waals surface area contributed by atoms with Crippen molar-refractivity contribution in [3.05, 3.63) is 65.4 Å². The van der Waals surface area contributed by atoms with E-state index in [0.717, 1.165) is 16.5 Å². The van der Waals surface area contributed by atoms with Crippen LogP contribution >= 0.6 is 0 Å². The maximum atomic E-state index is 12.6. The number of hydrogen-bond acceptors (Lipinski definition) is 2. The number of carbonyl (C=O) groups is 1. The number of aryl methyl sites for hydroxylation is 2. The highest BCUT2D eigenvalue weighted by molar-refractivity contribution is 6.15. The molecule has 0 unspecified atom stereocenters. The van der Waals surface area contributed by atoms with Gasteiger partial charge in [-0.25, -0.2) is 0 Å². The molecule has 3 nitrogen and oxygen atoms in total. The zero-order chi connectivity index (χ0) is 13.4. The van der Waals surface area contributed by atoms with Crippen LogP contribution in [0.15, 0.2) is 48.5 Å². The van der Waals surface area contributed by atoms with Gasteiger partial charge < -0.3 is 0 Å².